The third kappa shape index (κ3) is 3.40. The number of anilines is 1. The Morgan fingerprint density at radius 1 is 1.15 bits per heavy atom. The maximum Gasteiger partial charge on any atom is 0.391 e. The molecule has 2 rings (SSSR count). The molecule has 1 N–H and O–H groups in total. The van der Waals surface area contributed by atoms with Crippen LogP contribution >= 0.6 is 0 Å². The van der Waals surface area contributed by atoms with Gasteiger partial charge in [-0.05, 0) is 31.7 Å². The number of alkyl halides is 3. The van der Waals surface area contributed by atoms with Crippen molar-refractivity contribution in [2.75, 3.05) is 5.32 Å². The van der Waals surface area contributed by atoms with Crippen molar-refractivity contribution in [3.8, 4) is 0 Å². The Labute approximate surface area is 114 Å². The average Bonchev–Trinajstić information content (AvgIpc) is 2.38. The van der Waals surface area contributed by atoms with Crippen LogP contribution in [0.5, 0.6) is 0 Å². The Bertz CT molecular complexity index is 483. The van der Waals surface area contributed by atoms with Gasteiger partial charge in [0.25, 0.3) is 5.69 Å². The van der Waals surface area contributed by atoms with Crippen LogP contribution in [0.15, 0.2) is 24.3 Å². The fourth-order valence-corrected chi connectivity index (χ4v) is 2.54. The summed E-state index contributed by atoms with van der Waals surface area (Å²) < 4.78 is 37.7. The summed E-state index contributed by atoms with van der Waals surface area (Å²) in [6.45, 7) is 0. The van der Waals surface area contributed by atoms with E-state index in [9.17, 15) is 23.3 Å². The highest BCUT2D eigenvalue weighted by atomic mass is 19.4. The predicted molar refractivity (Wildman–Crippen MR) is 68.5 cm³/mol. The minimum atomic E-state index is -4.14. The van der Waals surface area contributed by atoms with Crippen molar-refractivity contribution in [2.24, 2.45) is 5.92 Å². The van der Waals surface area contributed by atoms with E-state index in [4.69, 9.17) is 0 Å². The zero-order valence-corrected chi connectivity index (χ0v) is 10.7. The lowest BCUT2D eigenvalue weighted by Crippen LogP contribution is -2.32. The van der Waals surface area contributed by atoms with Crippen LogP contribution in [0, 0.1) is 16.0 Å². The van der Waals surface area contributed by atoms with E-state index in [0.29, 0.717) is 18.5 Å². The largest absolute Gasteiger partial charge is 0.391 e. The summed E-state index contributed by atoms with van der Waals surface area (Å²) in [5.41, 5.74) is 0.318. The van der Waals surface area contributed by atoms with E-state index in [1.165, 1.54) is 6.07 Å². The summed E-state index contributed by atoms with van der Waals surface area (Å²) in [4.78, 5) is 10.4. The molecule has 0 aromatic heterocycles. The van der Waals surface area contributed by atoms with Crippen LogP contribution in [-0.2, 0) is 0 Å². The number of rotatable bonds is 3. The van der Waals surface area contributed by atoms with E-state index >= 15 is 0 Å². The first-order valence-corrected chi connectivity index (χ1v) is 6.44. The quantitative estimate of drug-likeness (QED) is 0.672. The van der Waals surface area contributed by atoms with Gasteiger partial charge in [0, 0.05) is 12.1 Å². The van der Waals surface area contributed by atoms with Crippen molar-refractivity contribution in [1.29, 1.82) is 0 Å². The van der Waals surface area contributed by atoms with Gasteiger partial charge in [0.2, 0.25) is 0 Å². The first kappa shape index (κ1) is 14.6. The van der Waals surface area contributed by atoms with E-state index < -0.39 is 17.0 Å². The predicted octanol–water partition coefficient (Wildman–Crippen LogP) is 4.13. The summed E-state index contributed by atoms with van der Waals surface area (Å²) in [5.74, 6) is -1.24. The van der Waals surface area contributed by atoms with Crippen molar-refractivity contribution in [3.63, 3.8) is 0 Å². The number of halogens is 3. The monoisotopic (exact) mass is 288 g/mol. The molecule has 0 atom stereocenters. The number of hydrogen-bond donors (Lipinski definition) is 1. The maximum atomic E-state index is 12.6. The van der Waals surface area contributed by atoms with Gasteiger partial charge in [-0.2, -0.15) is 13.2 Å². The molecule has 0 spiro atoms. The smallest absolute Gasteiger partial charge is 0.377 e. The fourth-order valence-electron chi connectivity index (χ4n) is 2.54. The molecule has 0 bridgehead atoms. The number of nitro groups is 1. The van der Waals surface area contributed by atoms with Gasteiger partial charge >= 0.3 is 6.18 Å². The van der Waals surface area contributed by atoms with Gasteiger partial charge in [0.05, 0.1) is 10.8 Å². The molecular weight excluding hydrogens is 273 g/mol. The first-order valence-electron chi connectivity index (χ1n) is 6.44. The fraction of sp³-hybridized carbons (Fsp3) is 0.538. The van der Waals surface area contributed by atoms with Crippen molar-refractivity contribution in [2.45, 2.75) is 37.9 Å². The maximum absolute atomic E-state index is 12.6. The molecule has 1 aliphatic rings. The highest BCUT2D eigenvalue weighted by Crippen LogP contribution is 2.38. The van der Waals surface area contributed by atoms with Gasteiger partial charge in [-0.1, -0.05) is 12.1 Å². The zero-order valence-electron chi connectivity index (χ0n) is 10.7. The molecule has 4 nitrogen and oxygen atoms in total. The molecule has 1 saturated carbocycles. The Kier molecular flexibility index (Phi) is 4.15. The second kappa shape index (κ2) is 5.68. The minimum absolute atomic E-state index is 0.0505. The topological polar surface area (TPSA) is 55.2 Å². The summed E-state index contributed by atoms with van der Waals surface area (Å²) in [6.07, 6.45) is -3.25. The van der Waals surface area contributed by atoms with Gasteiger partial charge in [-0.15, -0.1) is 0 Å². The number of para-hydroxylation sites is 2. The molecule has 0 amide bonds. The number of nitrogens with zero attached hydrogens (tertiary/aromatic N) is 1. The summed E-state index contributed by atoms with van der Waals surface area (Å²) in [7, 11) is 0. The molecule has 0 aliphatic heterocycles. The standard InChI is InChI=1S/C13H15F3N2O2/c14-13(15,16)9-5-7-10(8-6-9)17-11-3-1-2-4-12(11)18(19)20/h1-4,9-10,17H,5-8H2. The molecule has 110 valence electrons. The lowest BCUT2D eigenvalue weighted by Gasteiger charge is -2.30. The lowest BCUT2D eigenvalue weighted by molar-refractivity contribution is -0.384. The van der Waals surface area contributed by atoms with Crippen LogP contribution in [0.2, 0.25) is 0 Å². The zero-order chi connectivity index (χ0) is 14.8. The third-order valence-electron chi connectivity index (χ3n) is 3.65. The van der Waals surface area contributed by atoms with E-state index in [-0.39, 0.29) is 24.6 Å². The van der Waals surface area contributed by atoms with Gasteiger partial charge < -0.3 is 5.32 Å². The highest BCUT2D eigenvalue weighted by molar-refractivity contribution is 5.61. The molecule has 1 aromatic rings. The van der Waals surface area contributed by atoms with E-state index in [1.807, 2.05) is 0 Å². The average molecular weight is 288 g/mol. The molecule has 1 aliphatic carbocycles. The normalized spacial score (nSPS) is 23.4. The molecule has 0 saturated heterocycles. The molecule has 7 heteroatoms. The van der Waals surface area contributed by atoms with Crippen LogP contribution in [-0.4, -0.2) is 17.1 Å². The Morgan fingerprint density at radius 3 is 2.30 bits per heavy atom. The minimum Gasteiger partial charge on any atom is -0.377 e. The summed E-state index contributed by atoms with van der Waals surface area (Å²) in [5, 5.41) is 13.9. The van der Waals surface area contributed by atoms with Crippen LogP contribution in [0.4, 0.5) is 24.5 Å². The second-order valence-electron chi connectivity index (χ2n) is 5.01. The van der Waals surface area contributed by atoms with Crippen LogP contribution in [0.1, 0.15) is 25.7 Å². The van der Waals surface area contributed by atoms with Crippen molar-refractivity contribution >= 4 is 11.4 Å². The Morgan fingerprint density at radius 2 is 1.75 bits per heavy atom. The van der Waals surface area contributed by atoms with Crippen molar-refractivity contribution in [3.05, 3.63) is 34.4 Å². The van der Waals surface area contributed by atoms with E-state index in [0.717, 1.165) is 0 Å². The third-order valence-corrected chi connectivity index (χ3v) is 3.65. The lowest BCUT2D eigenvalue weighted by atomic mass is 9.85. The van der Waals surface area contributed by atoms with E-state index in [1.54, 1.807) is 18.2 Å². The molecule has 0 radical (unpaired) electrons. The Hall–Kier alpha value is -1.79. The van der Waals surface area contributed by atoms with Crippen molar-refractivity contribution < 1.29 is 18.1 Å². The number of benzene rings is 1. The van der Waals surface area contributed by atoms with Crippen LogP contribution < -0.4 is 5.32 Å². The van der Waals surface area contributed by atoms with E-state index in [2.05, 4.69) is 5.32 Å². The van der Waals surface area contributed by atoms with Gasteiger partial charge in [0.15, 0.2) is 0 Å². The summed E-state index contributed by atoms with van der Waals surface area (Å²) >= 11 is 0. The Balaban J connectivity index is 1.98. The van der Waals surface area contributed by atoms with Gasteiger partial charge in [0.1, 0.15) is 5.69 Å². The highest BCUT2D eigenvalue weighted by Gasteiger charge is 2.41. The molecule has 1 fully saturated rings. The van der Waals surface area contributed by atoms with Crippen LogP contribution in [0.25, 0.3) is 0 Å². The first-order chi connectivity index (χ1) is 9.38. The van der Waals surface area contributed by atoms with Crippen molar-refractivity contribution in [1.82, 2.24) is 0 Å². The second-order valence-corrected chi connectivity index (χ2v) is 5.01. The van der Waals surface area contributed by atoms with Gasteiger partial charge in [-0.3, -0.25) is 10.1 Å². The SMILES string of the molecule is O=[N+]([O-])c1ccccc1NC1CCC(C(F)(F)F)CC1. The number of hydrogen-bond acceptors (Lipinski definition) is 3. The molecule has 0 heterocycles. The number of nitrogens with one attached hydrogen (secondary N) is 1. The molecule has 0 unspecified atom stereocenters. The molecule has 1 aromatic carbocycles. The summed E-state index contributed by atoms with van der Waals surface area (Å²) in [6, 6.07) is 6.03. The molecule has 20 heavy (non-hydrogen) atoms. The van der Waals surface area contributed by atoms with Gasteiger partial charge in [-0.25, -0.2) is 0 Å². The molecular formula is C13H15F3N2O2. The number of nitro benzene ring substituents is 1. The van der Waals surface area contributed by atoms with Crippen LogP contribution in [0.3, 0.4) is 0 Å².